The van der Waals surface area contributed by atoms with E-state index in [1.54, 1.807) is 42.3 Å². The number of ether oxygens (including phenoxy) is 2. The van der Waals surface area contributed by atoms with Crippen molar-refractivity contribution in [1.82, 2.24) is 4.90 Å². The molecule has 1 aliphatic rings. The summed E-state index contributed by atoms with van der Waals surface area (Å²) in [5.41, 5.74) is 1.98. The number of fused-ring (bicyclic) bond motifs is 1. The van der Waals surface area contributed by atoms with Crippen LogP contribution in [-0.2, 0) is 20.7 Å². The van der Waals surface area contributed by atoms with Gasteiger partial charge in [0.2, 0.25) is 0 Å². The molecule has 0 saturated carbocycles. The first-order chi connectivity index (χ1) is 16.4. The smallest absolute Gasteiger partial charge is 0.310 e. The fraction of sp³-hybridized carbons (Fsp3) is 0.320. The van der Waals surface area contributed by atoms with Crippen LogP contribution in [0.2, 0.25) is 0 Å². The number of carbonyl (C=O) groups excluding carboxylic acids is 3. The summed E-state index contributed by atoms with van der Waals surface area (Å²) >= 11 is 0. The van der Waals surface area contributed by atoms with Crippen molar-refractivity contribution in [2.75, 3.05) is 44.8 Å². The van der Waals surface area contributed by atoms with Gasteiger partial charge in [0, 0.05) is 48.8 Å². The minimum atomic E-state index is -0.530. The SMILES string of the molecule is COc1ccc2c(CC(=O)OCC(=O)N3CCN(c4ccc(C(C)=O)cc4F)CC3)coc2c1. The number of benzene rings is 2. The van der Waals surface area contributed by atoms with Gasteiger partial charge in [-0.1, -0.05) is 0 Å². The molecule has 1 aromatic heterocycles. The predicted molar refractivity (Wildman–Crippen MR) is 123 cm³/mol. The molecular formula is C25H25FN2O6. The van der Waals surface area contributed by atoms with Crippen molar-refractivity contribution < 1.29 is 32.7 Å². The number of piperazine rings is 1. The van der Waals surface area contributed by atoms with Gasteiger partial charge in [-0.2, -0.15) is 0 Å². The minimum Gasteiger partial charge on any atom is -0.497 e. The van der Waals surface area contributed by atoms with Gasteiger partial charge in [-0.3, -0.25) is 14.4 Å². The van der Waals surface area contributed by atoms with Gasteiger partial charge < -0.3 is 23.7 Å². The summed E-state index contributed by atoms with van der Waals surface area (Å²) in [6.45, 7) is 2.64. The third kappa shape index (κ3) is 5.03. The average molecular weight is 468 g/mol. The summed E-state index contributed by atoms with van der Waals surface area (Å²) in [7, 11) is 1.56. The van der Waals surface area contributed by atoms with Gasteiger partial charge in [0.05, 0.1) is 25.5 Å². The summed E-state index contributed by atoms with van der Waals surface area (Å²) in [5, 5.41) is 0.781. The standard InChI is InChI=1S/C25H25FN2O6/c1-16(29)17-3-6-22(21(26)11-17)27-7-9-28(10-8-27)24(30)15-34-25(31)12-18-14-33-23-13-19(32-2)4-5-20(18)23/h3-6,11,13-14H,7-10,12,15H2,1-2H3. The molecule has 3 aromatic rings. The van der Waals surface area contributed by atoms with Crippen LogP contribution in [0.1, 0.15) is 22.8 Å². The number of rotatable bonds is 7. The maximum Gasteiger partial charge on any atom is 0.310 e. The van der Waals surface area contributed by atoms with E-state index in [4.69, 9.17) is 13.9 Å². The summed E-state index contributed by atoms with van der Waals surface area (Å²) in [4.78, 5) is 39.6. The summed E-state index contributed by atoms with van der Waals surface area (Å²) in [6.07, 6.45) is 1.48. The van der Waals surface area contributed by atoms with Crippen molar-refractivity contribution in [3.8, 4) is 5.75 Å². The molecule has 0 bridgehead atoms. The molecule has 8 nitrogen and oxygen atoms in total. The molecule has 0 unspecified atom stereocenters. The second-order valence-electron chi connectivity index (χ2n) is 8.05. The van der Waals surface area contributed by atoms with Crippen molar-refractivity contribution >= 4 is 34.3 Å². The van der Waals surface area contributed by atoms with E-state index >= 15 is 0 Å². The zero-order valence-corrected chi connectivity index (χ0v) is 19.0. The van der Waals surface area contributed by atoms with Gasteiger partial charge in [-0.05, 0) is 37.3 Å². The molecule has 2 heterocycles. The topological polar surface area (TPSA) is 89.3 Å². The first-order valence-corrected chi connectivity index (χ1v) is 10.9. The Hall–Kier alpha value is -3.88. The Morgan fingerprint density at radius 2 is 1.82 bits per heavy atom. The van der Waals surface area contributed by atoms with Gasteiger partial charge in [-0.25, -0.2) is 4.39 Å². The Morgan fingerprint density at radius 1 is 1.06 bits per heavy atom. The fourth-order valence-corrected chi connectivity index (χ4v) is 3.95. The quantitative estimate of drug-likeness (QED) is 0.389. The van der Waals surface area contributed by atoms with Crippen molar-refractivity contribution in [3.05, 3.63) is 59.6 Å². The fourth-order valence-electron chi connectivity index (χ4n) is 3.95. The summed E-state index contributed by atoms with van der Waals surface area (Å²) in [5.74, 6) is -0.846. The molecule has 0 N–H and O–H groups in total. The molecule has 34 heavy (non-hydrogen) atoms. The van der Waals surface area contributed by atoms with Crippen LogP contribution in [-0.4, -0.2) is 62.5 Å². The highest BCUT2D eigenvalue weighted by atomic mass is 19.1. The number of halogens is 1. The Balaban J connectivity index is 1.27. The Morgan fingerprint density at radius 3 is 2.50 bits per heavy atom. The molecule has 0 radical (unpaired) electrons. The highest BCUT2D eigenvalue weighted by molar-refractivity contribution is 5.94. The molecule has 4 rings (SSSR count). The molecule has 1 fully saturated rings. The van der Waals surface area contributed by atoms with Crippen LogP contribution in [0.25, 0.3) is 11.0 Å². The number of anilines is 1. The van der Waals surface area contributed by atoms with Crippen LogP contribution in [0, 0.1) is 5.82 Å². The van der Waals surface area contributed by atoms with Crippen LogP contribution in [0.4, 0.5) is 10.1 Å². The highest BCUT2D eigenvalue weighted by Crippen LogP contribution is 2.26. The number of ketones is 1. The number of hydrogen-bond donors (Lipinski definition) is 0. The lowest BCUT2D eigenvalue weighted by Gasteiger charge is -2.36. The maximum atomic E-state index is 14.4. The molecule has 0 aliphatic carbocycles. The second-order valence-corrected chi connectivity index (χ2v) is 8.05. The van der Waals surface area contributed by atoms with Crippen molar-refractivity contribution in [3.63, 3.8) is 0 Å². The first-order valence-electron chi connectivity index (χ1n) is 10.9. The number of amides is 1. The van der Waals surface area contributed by atoms with E-state index in [2.05, 4.69) is 0 Å². The molecule has 1 aliphatic heterocycles. The van der Waals surface area contributed by atoms with Crippen LogP contribution in [0.5, 0.6) is 5.75 Å². The highest BCUT2D eigenvalue weighted by Gasteiger charge is 2.24. The average Bonchev–Trinajstić information content (AvgIpc) is 3.24. The van der Waals surface area contributed by atoms with E-state index in [1.165, 1.54) is 19.3 Å². The van der Waals surface area contributed by atoms with Crippen molar-refractivity contribution in [1.29, 1.82) is 0 Å². The Kier molecular flexibility index (Phi) is 6.81. The van der Waals surface area contributed by atoms with Gasteiger partial charge in [0.25, 0.3) is 5.91 Å². The molecule has 178 valence electrons. The Labute approximate surface area is 195 Å². The number of esters is 1. The molecule has 0 spiro atoms. The number of methoxy groups -OCH3 is 1. The molecule has 1 amide bonds. The molecule has 1 saturated heterocycles. The van der Waals surface area contributed by atoms with E-state index < -0.39 is 11.8 Å². The lowest BCUT2D eigenvalue weighted by atomic mass is 10.1. The van der Waals surface area contributed by atoms with Crippen LogP contribution in [0.3, 0.4) is 0 Å². The number of furan rings is 1. The molecule has 2 aromatic carbocycles. The van der Waals surface area contributed by atoms with E-state index in [0.29, 0.717) is 54.3 Å². The number of Topliss-reactive ketones (excluding diaryl/α,β-unsaturated/α-hetero) is 1. The van der Waals surface area contributed by atoms with Gasteiger partial charge in [0.15, 0.2) is 12.4 Å². The molecule has 9 heteroatoms. The van der Waals surface area contributed by atoms with E-state index in [-0.39, 0.29) is 24.7 Å². The van der Waals surface area contributed by atoms with E-state index in [9.17, 15) is 18.8 Å². The van der Waals surface area contributed by atoms with Gasteiger partial charge in [0.1, 0.15) is 17.1 Å². The van der Waals surface area contributed by atoms with Gasteiger partial charge in [-0.15, -0.1) is 0 Å². The zero-order valence-electron chi connectivity index (χ0n) is 19.0. The van der Waals surface area contributed by atoms with E-state index in [1.807, 2.05) is 4.90 Å². The normalized spacial score (nSPS) is 13.7. The minimum absolute atomic E-state index is 0.0179. The number of hydrogen-bond acceptors (Lipinski definition) is 7. The number of carbonyl (C=O) groups is 3. The largest absolute Gasteiger partial charge is 0.497 e. The summed E-state index contributed by atoms with van der Waals surface area (Å²) in [6, 6.07) is 9.73. The third-order valence-electron chi connectivity index (χ3n) is 5.88. The third-order valence-corrected chi connectivity index (χ3v) is 5.88. The van der Waals surface area contributed by atoms with Crippen LogP contribution >= 0.6 is 0 Å². The van der Waals surface area contributed by atoms with E-state index in [0.717, 1.165) is 5.39 Å². The lowest BCUT2D eigenvalue weighted by molar-refractivity contribution is -0.151. The second kappa shape index (κ2) is 9.94. The summed E-state index contributed by atoms with van der Waals surface area (Å²) < 4.78 is 30.2. The molecule has 0 atom stereocenters. The van der Waals surface area contributed by atoms with Crippen molar-refractivity contribution in [2.45, 2.75) is 13.3 Å². The first kappa shape index (κ1) is 23.3. The molecular weight excluding hydrogens is 443 g/mol. The monoisotopic (exact) mass is 468 g/mol. The predicted octanol–water partition coefficient (Wildman–Crippen LogP) is 3.22. The van der Waals surface area contributed by atoms with Gasteiger partial charge >= 0.3 is 5.97 Å². The van der Waals surface area contributed by atoms with Crippen LogP contribution < -0.4 is 9.64 Å². The Bertz CT molecular complexity index is 1230. The zero-order chi connectivity index (χ0) is 24.2. The lowest BCUT2D eigenvalue weighted by Crippen LogP contribution is -2.50. The van der Waals surface area contributed by atoms with Crippen molar-refractivity contribution in [2.24, 2.45) is 0 Å². The number of nitrogens with zero attached hydrogens (tertiary/aromatic N) is 2. The maximum absolute atomic E-state index is 14.4. The van der Waals surface area contributed by atoms with Crippen LogP contribution in [0.15, 0.2) is 47.1 Å².